The van der Waals surface area contributed by atoms with Crippen molar-refractivity contribution in [2.24, 2.45) is 0 Å². The van der Waals surface area contributed by atoms with Crippen LogP contribution in [0.15, 0.2) is 45.9 Å². The number of rotatable bonds is 5. The molecule has 3 rings (SSSR count). The van der Waals surface area contributed by atoms with Gasteiger partial charge in [-0.1, -0.05) is 28.9 Å². The first-order valence-electron chi connectivity index (χ1n) is 7.96. The molecule has 0 aliphatic heterocycles. The molecule has 0 saturated heterocycles. The molecule has 2 heterocycles. The van der Waals surface area contributed by atoms with Crippen LogP contribution < -0.4 is 10.9 Å². The molecule has 0 bridgehead atoms. The fraction of sp³-hybridized carbons (Fsp3) is 0.235. The molecule has 0 aliphatic rings. The van der Waals surface area contributed by atoms with E-state index in [2.05, 4.69) is 45.6 Å². The van der Waals surface area contributed by atoms with Crippen molar-refractivity contribution in [3.8, 4) is 0 Å². The lowest BCUT2D eigenvalue weighted by molar-refractivity contribution is -0.117. The molecule has 0 radical (unpaired) electrons. The van der Waals surface area contributed by atoms with E-state index in [0.29, 0.717) is 11.8 Å². The van der Waals surface area contributed by atoms with Gasteiger partial charge < -0.3 is 0 Å². The van der Waals surface area contributed by atoms with E-state index in [-0.39, 0.29) is 23.7 Å². The molecule has 7 nitrogen and oxygen atoms in total. The van der Waals surface area contributed by atoms with E-state index in [1.807, 2.05) is 19.1 Å². The predicted octanol–water partition coefficient (Wildman–Crippen LogP) is 2.39. The van der Waals surface area contributed by atoms with Gasteiger partial charge in [0.05, 0.1) is 11.1 Å². The third-order valence-electron chi connectivity index (χ3n) is 3.62. The molecule has 1 N–H and O–H groups in total. The van der Waals surface area contributed by atoms with Gasteiger partial charge in [-0.25, -0.2) is 14.6 Å². The Hall–Kier alpha value is -2.18. The lowest BCUT2D eigenvalue weighted by Gasteiger charge is -2.12. The molecule has 3 aromatic rings. The van der Waals surface area contributed by atoms with Gasteiger partial charge >= 0.3 is 0 Å². The molecular weight excluding hydrogens is 417 g/mol. The number of anilines is 1. The number of hydrogen-bond donors (Lipinski definition) is 1. The SMILES string of the molecule is CC(P)Cc1nn(CC(=O)Nc2ncccn2)c(=O)c2cc(Br)ccc12. The minimum Gasteiger partial charge on any atom is -0.293 e. The van der Waals surface area contributed by atoms with E-state index in [9.17, 15) is 9.59 Å². The van der Waals surface area contributed by atoms with Crippen LogP contribution in [0.1, 0.15) is 12.6 Å². The third-order valence-corrected chi connectivity index (χ3v) is 4.35. The maximum absolute atomic E-state index is 12.8. The third kappa shape index (κ3) is 4.31. The lowest BCUT2D eigenvalue weighted by atomic mass is 10.1. The normalized spacial score (nSPS) is 12.1. The highest BCUT2D eigenvalue weighted by Gasteiger charge is 2.15. The number of nitrogens with one attached hydrogen (secondary N) is 1. The van der Waals surface area contributed by atoms with E-state index in [1.165, 1.54) is 17.1 Å². The molecule has 2 aromatic heterocycles. The number of carbonyl (C=O) groups excluding carboxylic acids is 1. The van der Waals surface area contributed by atoms with Gasteiger partial charge in [-0.15, -0.1) is 9.24 Å². The largest absolute Gasteiger partial charge is 0.293 e. The highest BCUT2D eigenvalue weighted by molar-refractivity contribution is 9.10. The van der Waals surface area contributed by atoms with Crippen molar-refractivity contribution in [3.63, 3.8) is 0 Å². The number of halogens is 1. The number of fused-ring (bicyclic) bond motifs is 1. The Kier molecular flexibility index (Phi) is 5.74. The maximum atomic E-state index is 12.8. The molecule has 1 amide bonds. The van der Waals surface area contributed by atoms with Gasteiger partial charge in [-0.3, -0.25) is 14.9 Å². The summed E-state index contributed by atoms with van der Waals surface area (Å²) in [5.74, 6) is -0.224. The molecule has 2 unspecified atom stereocenters. The summed E-state index contributed by atoms with van der Waals surface area (Å²) < 4.78 is 1.99. The lowest BCUT2D eigenvalue weighted by Crippen LogP contribution is -2.31. The number of aromatic nitrogens is 4. The number of nitrogens with zero attached hydrogens (tertiary/aromatic N) is 4. The Labute approximate surface area is 160 Å². The zero-order valence-corrected chi connectivity index (χ0v) is 16.8. The second kappa shape index (κ2) is 8.01. The Balaban J connectivity index is 1.98. The summed E-state index contributed by atoms with van der Waals surface area (Å²) in [6.45, 7) is 1.84. The van der Waals surface area contributed by atoms with E-state index in [0.717, 1.165) is 15.6 Å². The van der Waals surface area contributed by atoms with E-state index in [1.54, 1.807) is 12.1 Å². The molecule has 1 aromatic carbocycles. The van der Waals surface area contributed by atoms with Crippen LogP contribution in [0.4, 0.5) is 5.95 Å². The summed E-state index contributed by atoms with van der Waals surface area (Å²) in [6.07, 6.45) is 3.73. The molecular formula is C17H17BrN5O2P. The average Bonchev–Trinajstić information content (AvgIpc) is 2.59. The van der Waals surface area contributed by atoms with Crippen LogP contribution in [0.2, 0.25) is 0 Å². The Morgan fingerprint density at radius 1 is 1.31 bits per heavy atom. The molecule has 0 aliphatic carbocycles. The molecule has 0 fully saturated rings. The van der Waals surface area contributed by atoms with E-state index >= 15 is 0 Å². The van der Waals surface area contributed by atoms with Crippen LogP contribution in [-0.4, -0.2) is 31.3 Å². The first-order chi connectivity index (χ1) is 12.4. The molecule has 0 saturated carbocycles. The van der Waals surface area contributed by atoms with Gasteiger partial charge in [0.25, 0.3) is 5.56 Å². The van der Waals surface area contributed by atoms with Crippen LogP contribution in [0.25, 0.3) is 10.8 Å². The number of benzene rings is 1. The van der Waals surface area contributed by atoms with Gasteiger partial charge in [0.15, 0.2) is 0 Å². The summed E-state index contributed by atoms with van der Waals surface area (Å²) in [5.41, 5.74) is 0.746. The number of amides is 1. The smallest absolute Gasteiger partial charge is 0.275 e. The van der Waals surface area contributed by atoms with Gasteiger partial charge in [0.2, 0.25) is 11.9 Å². The summed E-state index contributed by atoms with van der Waals surface area (Å²) in [5, 5.41) is 8.32. The highest BCUT2D eigenvalue weighted by atomic mass is 79.9. The van der Waals surface area contributed by atoms with Crippen LogP contribution >= 0.6 is 25.2 Å². The zero-order valence-electron chi connectivity index (χ0n) is 14.0. The zero-order chi connectivity index (χ0) is 18.7. The standard InChI is InChI=1S/C17H17BrN5O2P/c1-10(26)7-14-12-4-3-11(18)8-13(12)16(25)23(22-14)9-15(24)21-17-19-5-2-6-20-17/h2-6,8,10H,7,9,26H2,1H3,(H,19,20,21,24). The number of hydrogen-bond acceptors (Lipinski definition) is 5. The van der Waals surface area contributed by atoms with Crippen molar-refractivity contribution >= 4 is 47.8 Å². The van der Waals surface area contributed by atoms with Crippen molar-refractivity contribution in [1.29, 1.82) is 0 Å². The quantitative estimate of drug-likeness (QED) is 0.623. The van der Waals surface area contributed by atoms with E-state index < -0.39 is 5.91 Å². The summed E-state index contributed by atoms with van der Waals surface area (Å²) in [7, 11) is 2.72. The average molecular weight is 434 g/mol. The molecule has 9 heteroatoms. The minimum absolute atomic E-state index is 0.188. The summed E-state index contributed by atoms with van der Waals surface area (Å²) >= 11 is 3.39. The predicted molar refractivity (Wildman–Crippen MR) is 107 cm³/mol. The van der Waals surface area contributed by atoms with Gasteiger partial charge in [-0.2, -0.15) is 5.10 Å². The molecule has 26 heavy (non-hydrogen) atoms. The van der Waals surface area contributed by atoms with Crippen molar-refractivity contribution < 1.29 is 4.79 Å². The molecule has 2 atom stereocenters. The van der Waals surface area contributed by atoms with Crippen molar-refractivity contribution in [1.82, 2.24) is 19.7 Å². The Bertz CT molecular complexity index is 1010. The van der Waals surface area contributed by atoms with Gasteiger partial charge in [0.1, 0.15) is 6.54 Å². The van der Waals surface area contributed by atoms with Gasteiger partial charge in [0, 0.05) is 22.3 Å². The van der Waals surface area contributed by atoms with E-state index in [4.69, 9.17) is 0 Å². The fourth-order valence-electron chi connectivity index (χ4n) is 2.56. The topological polar surface area (TPSA) is 89.8 Å². The fourth-order valence-corrected chi connectivity index (χ4v) is 3.14. The minimum atomic E-state index is -0.412. The molecule has 0 spiro atoms. The Morgan fingerprint density at radius 3 is 2.73 bits per heavy atom. The van der Waals surface area contributed by atoms with Crippen molar-refractivity contribution in [2.45, 2.75) is 25.5 Å². The van der Waals surface area contributed by atoms with Crippen LogP contribution in [0.5, 0.6) is 0 Å². The highest BCUT2D eigenvalue weighted by Crippen LogP contribution is 2.21. The molecule has 134 valence electrons. The second-order valence-electron chi connectivity index (χ2n) is 5.90. The monoisotopic (exact) mass is 433 g/mol. The Morgan fingerprint density at radius 2 is 2.04 bits per heavy atom. The van der Waals surface area contributed by atoms with Gasteiger partial charge in [-0.05, 0) is 30.3 Å². The summed E-state index contributed by atoms with van der Waals surface area (Å²) in [6, 6.07) is 7.16. The van der Waals surface area contributed by atoms with Crippen molar-refractivity contribution in [2.75, 3.05) is 5.32 Å². The van der Waals surface area contributed by atoms with Crippen LogP contribution in [-0.2, 0) is 17.8 Å². The second-order valence-corrected chi connectivity index (χ2v) is 7.96. The van der Waals surface area contributed by atoms with Crippen LogP contribution in [0, 0.1) is 0 Å². The van der Waals surface area contributed by atoms with Crippen LogP contribution in [0.3, 0.4) is 0 Å². The first kappa shape index (κ1) is 18.6. The maximum Gasteiger partial charge on any atom is 0.275 e. The number of carbonyl (C=O) groups is 1. The summed E-state index contributed by atoms with van der Waals surface area (Å²) in [4.78, 5) is 32.9. The first-order valence-corrected chi connectivity index (χ1v) is 9.41. The van der Waals surface area contributed by atoms with Crippen molar-refractivity contribution in [3.05, 3.63) is 57.2 Å².